The molecule has 0 radical (unpaired) electrons. The zero-order chi connectivity index (χ0) is 21.9. The Kier molecular flexibility index (Phi) is 16.5. The van der Waals surface area contributed by atoms with Gasteiger partial charge in [-0.25, -0.2) is 0 Å². The lowest BCUT2D eigenvalue weighted by Gasteiger charge is -2.33. The normalized spacial score (nSPS) is 14.8. The van der Waals surface area contributed by atoms with E-state index in [1.54, 1.807) is 0 Å². The fraction of sp³-hybridized carbons (Fsp3) is 0.963. The third-order valence-corrected chi connectivity index (χ3v) is 6.84. The van der Waals surface area contributed by atoms with E-state index in [1.165, 1.54) is 122 Å². The Hall–Kier alpha value is -0.570. The van der Waals surface area contributed by atoms with Gasteiger partial charge in [0.25, 0.3) is 0 Å². The van der Waals surface area contributed by atoms with Crippen LogP contribution in [0.1, 0.15) is 135 Å². The third kappa shape index (κ3) is 15.3. The zero-order valence-electron chi connectivity index (χ0n) is 21.1. The minimum Gasteiger partial charge on any atom is -0.311 e. The molecule has 0 saturated carbocycles. The quantitative estimate of drug-likeness (QED) is 0.137. The summed E-state index contributed by atoms with van der Waals surface area (Å²) in [5.41, 5.74) is 0. The fourth-order valence-corrected chi connectivity index (χ4v) is 4.83. The second kappa shape index (κ2) is 18.0. The average Bonchev–Trinajstić information content (AvgIpc) is 3.10. The van der Waals surface area contributed by atoms with Crippen LogP contribution in [0.4, 0.5) is 0 Å². The molecule has 0 atom stereocenters. The summed E-state index contributed by atoms with van der Waals surface area (Å²) in [7, 11) is 4.55. The van der Waals surface area contributed by atoms with Crippen molar-refractivity contribution in [3.05, 3.63) is 0 Å². The van der Waals surface area contributed by atoms with Gasteiger partial charge in [0.1, 0.15) is 0 Å². The van der Waals surface area contributed by atoms with Crippen molar-refractivity contribution in [3.63, 3.8) is 0 Å². The summed E-state index contributed by atoms with van der Waals surface area (Å²) in [6, 6.07) is 0. The smallest absolute Gasteiger partial charge is 0.226 e. The molecule has 178 valence electrons. The van der Waals surface area contributed by atoms with Crippen molar-refractivity contribution >= 4 is 5.91 Å². The number of unbranched alkanes of at least 4 members (excludes halogenated alkanes) is 17. The van der Waals surface area contributed by atoms with Gasteiger partial charge in [0.15, 0.2) is 6.67 Å². The van der Waals surface area contributed by atoms with Crippen molar-refractivity contribution in [1.29, 1.82) is 0 Å². The molecule has 0 aromatic rings. The molecule has 1 heterocycles. The van der Waals surface area contributed by atoms with Crippen molar-refractivity contribution in [3.8, 4) is 0 Å². The van der Waals surface area contributed by atoms with E-state index < -0.39 is 0 Å². The number of quaternary nitrogens is 1. The molecule has 1 amide bonds. The van der Waals surface area contributed by atoms with E-state index in [1.807, 2.05) is 0 Å². The molecule has 30 heavy (non-hydrogen) atoms. The number of nitrogens with zero attached hydrogens (tertiary/aromatic N) is 2. The molecule has 0 aromatic carbocycles. The van der Waals surface area contributed by atoms with E-state index in [0.717, 1.165) is 30.5 Å². The third-order valence-electron chi connectivity index (χ3n) is 6.84. The number of hydrogen-bond donors (Lipinski definition) is 0. The van der Waals surface area contributed by atoms with E-state index in [9.17, 15) is 4.79 Å². The molecule has 0 bridgehead atoms. The molecule has 1 aliphatic heterocycles. The highest BCUT2D eigenvalue weighted by Crippen LogP contribution is 2.16. The lowest BCUT2D eigenvalue weighted by molar-refractivity contribution is -0.899. The number of amides is 1. The van der Waals surface area contributed by atoms with Gasteiger partial charge < -0.3 is 4.48 Å². The van der Waals surface area contributed by atoms with Gasteiger partial charge >= 0.3 is 0 Å². The minimum atomic E-state index is 0.360. The van der Waals surface area contributed by atoms with Gasteiger partial charge in [0.05, 0.1) is 20.6 Å². The predicted molar refractivity (Wildman–Crippen MR) is 132 cm³/mol. The summed E-state index contributed by atoms with van der Waals surface area (Å²) < 4.78 is 0.963. The Morgan fingerprint density at radius 2 is 1.07 bits per heavy atom. The zero-order valence-corrected chi connectivity index (χ0v) is 21.1. The lowest BCUT2D eigenvalue weighted by atomic mass is 10.0. The minimum absolute atomic E-state index is 0.360. The van der Waals surface area contributed by atoms with Crippen molar-refractivity contribution in [1.82, 2.24) is 4.90 Å². The Morgan fingerprint density at radius 3 is 1.43 bits per heavy atom. The first-order valence-corrected chi connectivity index (χ1v) is 13.6. The van der Waals surface area contributed by atoms with Crippen LogP contribution < -0.4 is 0 Å². The SMILES string of the molecule is CCCCCCCCCCCCCCCCCCCC[N+](C)(C)CN1CCCC1=O. The van der Waals surface area contributed by atoms with Gasteiger partial charge in [-0.15, -0.1) is 0 Å². The van der Waals surface area contributed by atoms with Crippen LogP contribution in [0.15, 0.2) is 0 Å². The van der Waals surface area contributed by atoms with Gasteiger partial charge in [-0.05, 0) is 19.3 Å². The first-order chi connectivity index (χ1) is 14.5. The summed E-state index contributed by atoms with van der Waals surface area (Å²) in [5, 5.41) is 0. The van der Waals surface area contributed by atoms with Gasteiger partial charge in [0.2, 0.25) is 5.91 Å². The summed E-state index contributed by atoms with van der Waals surface area (Å²) in [6.07, 6.45) is 27.6. The molecule has 3 nitrogen and oxygen atoms in total. The number of likely N-dealkylation sites (tertiary alicyclic amines) is 1. The summed E-state index contributed by atoms with van der Waals surface area (Å²) in [4.78, 5) is 13.9. The lowest BCUT2D eigenvalue weighted by Crippen LogP contribution is -2.49. The van der Waals surface area contributed by atoms with Gasteiger partial charge in [-0.3, -0.25) is 9.69 Å². The van der Waals surface area contributed by atoms with Crippen molar-refractivity contribution in [2.24, 2.45) is 0 Å². The molecule has 1 saturated heterocycles. The van der Waals surface area contributed by atoms with Crippen molar-refractivity contribution in [2.45, 2.75) is 135 Å². The monoisotopic (exact) mass is 423 g/mol. The molecule has 0 spiro atoms. The van der Waals surface area contributed by atoms with Crippen LogP contribution in [0.25, 0.3) is 0 Å². The van der Waals surface area contributed by atoms with Crippen LogP contribution in [-0.4, -0.2) is 49.1 Å². The second-order valence-electron chi connectivity index (χ2n) is 10.6. The van der Waals surface area contributed by atoms with Crippen molar-refractivity contribution in [2.75, 3.05) is 33.9 Å². The second-order valence-corrected chi connectivity index (χ2v) is 10.6. The molecule has 1 rings (SSSR count). The summed E-state index contributed by atoms with van der Waals surface area (Å²) >= 11 is 0. The number of carbonyl (C=O) groups is 1. The fourth-order valence-electron chi connectivity index (χ4n) is 4.83. The summed E-state index contributed by atoms with van der Waals surface area (Å²) in [6.45, 7) is 5.36. The molecule has 3 heteroatoms. The van der Waals surface area contributed by atoms with Gasteiger partial charge in [-0.1, -0.05) is 110 Å². The average molecular weight is 424 g/mol. The Bertz CT molecular complexity index is 408. The molecule has 0 aromatic heterocycles. The highest BCUT2D eigenvalue weighted by atomic mass is 16.2. The first kappa shape index (κ1) is 27.5. The van der Waals surface area contributed by atoms with Crippen LogP contribution in [0.3, 0.4) is 0 Å². The van der Waals surface area contributed by atoms with Crippen LogP contribution >= 0.6 is 0 Å². The topological polar surface area (TPSA) is 20.3 Å². The van der Waals surface area contributed by atoms with Crippen LogP contribution in [0.2, 0.25) is 0 Å². The first-order valence-electron chi connectivity index (χ1n) is 13.6. The maximum Gasteiger partial charge on any atom is 0.226 e. The molecule has 0 N–H and O–H groups in total. The Morgan fingerprint density at radius 1 is 0.667 bits per heavy atom. The standard InChI is InChI=1S/C27H55N2O/c1-4-5-6-7-8-9-10-11-12-13-14-15-16-17-18-19-20-21-25-29(2,3)26-28-24-22-23-27(28)30/h4-26H2,1-3H3/q+1. The predicted octanol–water partition coefficient (Wildman–Crippen LogP) is 7.68. The molecule has 0 aliphatic carbocycles. The highest BCUT2D eigenvalue weighted by Gasteiger charge is 2.26. The number of rotatable bonds is 21. The van der Waals surface area contributed by atoms with Crippen molar-refractivity contribution < 1.29 is 9.28 Å². The largest absolute Gasteiger partial charge is 0.311 e. The Balaban J connectivity index is 1.77. The number of hydrogen-bond acceptors (Lipinski definition) is 1. The van der Waals surface area contributed by atoms with Gasteiger partial charge in [-0.2, -0.15) is 0 Å². The molecule has 1 fully saturated rings. The highest BCUT2D eigenvalue weighted by molar-refractivity contribution is 5.77. The maximum absolute atomic E-state index is 11.8. The van der Waals surface area contributed by atoms with Gasteiger partial charge in [0, 0.05) is 13.0 Å². The Labute approximate surface area is 189 Å². The van der Waals surface area contributed by atoms with Crippen LogP contribution in [0.5, 0.6) is 0 Å². The maximum atomic E-state index is 11.8. The van der Waals surface area contributed by atoms with Crippen LogP contribution in [0, 0.1) is 0 Å². The van der Waals surface area contributed by atoms with E-state index in [2.05, 4.69) is 25.9 Å². The van der Waals surface area contributed by atoms with E-state index >= 15 is 0 Å². The molecular formula is C27H55N2O+. The molecule has 1 aliphatic rings. The van der Waals surface area contributed by atoms with E-state index in [-0.39, 0.29) is 0 Å². The van der Waals surface area contributed by atoms with E-state index in [0.29, 0.717) is 5.91 Å². The molecular weight excluding hydrogens is 368 g/mol. The van der Waals surface area contributed by atoms with E-state index in [4.69, 9.17) is 0 Å². The number of carbonyl (C=O) groups excluding carboxylic acids is 1. The summed E-state index contributed by atoms with van der Waals surface area (Å²) in [5.74, 6) is 0.360. The molecule has 0 unspecified atom stereocenters. The van der Waals surface area contributed by atoms with Crippen LogP contribution in [-0.2, 0) is 4.79 Å².